The first-order chi connectivity index (χ1) is 8.61. The highest BCUT2D eigenvalue weighted by atomic mass is 32.1. The molecule has 0 bridgehead atoms. The molecule has 1 N–H and O–H groups in total. The topological polar surface area (TPSA) is 24.9 Å². The van der Waals surface area contributed by atoms with Gasteiger partial charge in [-0.3, -0.25) is 0 Å². The summed E-state index contributed by atoms with van der Waals surface area (Å²) < 4.78 is 0. The van der Waals surface area contributed by atoms with E-state index in [2.05, 4.69) is 47.7 Å². The van der Waals surface area contributed by atoms with Gasteiger partial charge in [0.1, 0.15) is 0 Å². The number of rotatable bonds is 4. The van der Waals surface area contributed by atoms with Crippen molar-refractivity contribution in [3.05, 3.63) is 51.0 Å². The number of aryl methyl sites for hydroxylation is 3. The lowest BCUT2D eigenvalue weighted by Crippen LogP contribution is -2.20. The van der Waals surface area contributed by atoms with Crippen LogP contribution in [0.5, 0.6) is 0 Å². The van der Waals surface area contributed by atoms with Crippen LogP contribution in [0.3, 0.4) is 0 Å². The van der Waals surface area contributed by atoms with Crippen molar-refractivity contribution in [2.75, 3.05) is 7.05 Å². The van der Waals surface area contributed by atoms with Crippen molar-refractivity contribution in [3.63, 3.8) is 0 Å². The molecular formula is C15H20N2S. The monoisotopic (exact) mass is 260 g/mol. The van der Waals surface area contributed by atoms with Crippen molar-refractivity contribution in [3.8, 4) is 0 Å². The van der Waals surface area contributed by atoms with E-state index < -0.39 is 0 Å². The van der Waals surface area contributed by atoms with E-state index >= 15 is 0 Å². The fourth-order valence-corrected chi connectivity index (χ4v) is 3.22. The minimum atomic E-state index is 0.344. The van der Waals surface area contributed by atoms with Gasteiger partial charge in [-0.05, 0) is 44.5 Å². The summed E-state index contributed by atoms with van der Waals surface area (Å²) in [7, 11) is 2.02. The highest BCUT2D eigenvalue weighted by Crippen LogP contribution is 2.25. The minimum Gasteiger partial charge on any atom is -0.313 e. The van der Waals surface area contributed by atoms with Gasteiger partial charge in [-0.25, -0.2) is 4.98 Å². The number of hydrogen-bond acceptors (Lipinski definition) is 3. The lowest BCUT2D eigenvalue weighted by molar-refractivity contribution is 0.584. The molecule has 1 aromatic heterocycles. The van der Waals surface area contributed by atoms with Crippen molar-refractivity contribution in [1.29, 1.82) is 0 Å². The average molecular weight is 260 g/mol. The molecule has 1 atom stereocenters. The van der Waals surface area contributed by atoms with Gasteiger partial charge < -0.3 is 5.32 Å². The second-order valence-corrected chi connectivity index (χ2v) is 5.68. The van der Waals surface area contributed by atoms with Gasteiger partial charge in [-0.15, -0.1) is 11.3 Å². The number of likely N-dealkylation sites (N-methyl/N-ethyl adjacent to an activating group) is 1. The number of benzene rings is 1. The Morgan fingerprint density at radius 2 is 1.89 bits per heavy atom. The van der Waals surface area contributed by atoms with E-state index in [0.717, 1.165) is 12.1 Å². The third kappa shape index (κ3) is 2.79. The SMILES string of the molecule is CNC(Cc1nc(C)cs1)c1c(C)cccc1C. The molecule has 2 nitrogen and oxygen atoms in total. The van der Waals surface area contributed by atoms with Gasteiger partial charge in [-0.1, -0.05) is 18.2 Å². The molecule has 2 rings (SSSR count). The van der Waals surface area contributed by atoms with Crippen molar-refractivity contribution in [2.24, 2.45) is 0 Å². The first kappa shape index (κ1) is 13.2. The fraction of sp³-hybridized carbons (Fsp3) is 0.400. The molecule has 0 saturated heterocycles. The molecule has 1 heterocycles. The summed E-state index contributed by atoms with van der Waals surface area (Å²) in [6.07, 6.45) is 0.959. The van der Waals surface area contributed by atoms with Gasteiger partial charge in [0.25, 0.3) is 0 Å². The maximum atomic E-state index is 4.56. The van der Waals surface area contributed by atoms with E-state index in [1.165, 1.54) is 21.7 Å². The lowest BCUT2D eigenvalue weighted by atomic mass is 9.94. The molecule has 0 radical (unpaired) electrons. The van der Waals surface area contributed by atoms with Gasteiger partial charge >= 0.3 is 0 Å². The molecule has 18 heavy (non-hydrogen) atoms. The molecule has 1 unspecified atom stereocenters. The van der Waals surface area contributed by atoms with E-state index in [1.807, 2.05) is 14.0 Å². The predicted octanol–water partition coefficient (Wildman–Crippen LogP) is 3.57. The summed E-state index contributed by atoms with van der Waals surface area (Å²) in [6.45, 7) is 6.41. The maximum absolute atomic E-state index is 4.56. The van der Waals surface area contributed by atoms with Crippen LogP contribution in [0.25, 0.3) is 0 Å². The van der Waals surface area contributed by atoms with Crippen molar-refractivity contribution in [2.45, 2.75) is 33.2 Å². The van der Waals surface area contributed by atoms with Crippen LogP contribution in [0.4, 0.5) is 0 Å². The summed E-state index contributed by atoms with van der Waals surface area (Å²) in [5, 5.41) is 6.75. The van der Waals surface area contributed by atoms with Crippen LogP contribution >= 0.6 is 11.3 Å². The smallest absolute Gasteiger partial charge is 0.0947 e. The molecule has 0 saturated carbocycles. The van der Waals surface area contributed by atoms with Crippen LogP contribution in [-0.2, 0) is 6.42 Å². The van der Waals surface area contributed by atoms with Gasteiger partial charge in [0.15, 0.2) is 0 Å². The highest BCUT2D eigenvalue weighted by Gasteiger charge is 2.16. The van der Waals surface area contributed by atoms with Crippen molar-refractivity contribution >= 4 is 11.3 Å². The van der Waals surface area contributed by atoms with Crippen LogP contribution < -0.4 is 5.32 Å². The zero-order valence-corrected chi connectivity index (χ0v) is 12.3. The number of aromatic nitrogens is 1. The van der Waals surface area contributed by atoms with Crippen LogP contribution in [0.2, 0.25) is 0 Å². The molecule has 96 valence electrons. The first-order valence-corrected chi connectivity index (χ1v) is 7.14. The Bertz CT molecular complexity index is 511. The number of hydrogen-bond donors (Lipinski definition) is 1. The Kier molecular flexibility index (Phi) is 4.15. The number of nitrogens with one attached hydrogen (secondary N) is 1. The minimum absolute atomic E-state index is 0.344. The van der Waals surface area contributed by atoms with Crippen molar-refractivity contribution < 1.29 is 0 Å². The fourth-order valence-electron chi connectivity index (χ4n) is 2.40. The quantitative estimate of drug-likeness (QED) is 0.909. The van der Waals surface area contributed by atoms with Crippen LogP contribution in [0.1, 0.15) is 33.4 Å². The van der Waals surface area contributed by atoms with Crippen LogP contribution in [0.15, 0.2) is 23.6 Å². The van der Waals surface area contributed by atoms with Crippen molar-refractivity contribution in [1.82, 2.24) is 10.3 Å². The van der Waals surface area contributed by atoms with E-state index in [9.17, 15) is 0 Å². The summed E-state index contributed by atoms with van der Waals surface area (Å²) in [4.78, 5) is 4.56. The molecule has 0 spiro atoms. The van der Waals surface area contributed by atoms with Gasteiger partial charge in [0, 0.05) is 23.5 Å². The zero-order valence-electron chi connectivity index (χ0n) is 11.4. The number of thiazole rings is 1. The largest absolute Gasteiger partial charge is 0.313 e. The summed E-state index contributed by atoms with van der Waals surface area (Å²) in [6, 6.07) is 6.82. The van der Waals surface area contributed by atoms with E-state index in [0.29, 0.717) is 6.04 Å². The average Bonchev–Trinajstić information content (AvgIpc) is 2.73. The molecule has 2 aromatic rings. The number of nitrogens with zero attached hydrogens (tertiary/aromatic N) is 1. The van der Waals surface area contributed by atoms with Crippen LogP contribution in [-0.4, -0.2) is 12.0 Å². The molecule has 3 heteroatoms. The Labute approximate surface area is 113 Å². The second-order valence-electron chi connectivity index (χ2n) is 4.73. The van der Waals surface area contributed by atoms with Gasteiger partial charge in [0.05, 0.1) is 5.01 Å². The summed E-state index contributed by atoms with van der Waals surface area (Å²) in [5.74, 6) is 0. The molecule has 1 aromatic carbocycles. The predicted molar refractivity (Wildman–Crippen MR) is 78.3 cm³/mol. The third-order valence-corrected chi connectivity index (χ3v) is 4.27. The zero-order chi connectivity index (χ0) is 13.1. The molecule has 0 aliphatic carbocycles. The Hall–Kier alpha value is -1.19. The molecule has 0 fully saturated rings. The van der Waals surface area contributed by atoms with Crippen LogP contribution in [0, 0.1) is 20.8 Å². The Morgan fingerprint density at radius 3 is 2.39 bits per heavy atom. The highest BCUT2D eigenvalue weighted by molar-refractivity contribution is 7.09. The van der Waals surface area contributed by atoms with E-state index in [4.69, 9.17) is 0 Å². The molecule has 0 aliphatic rings. The van der Waals surface area contributed by atoms with Gasteiger partial charge in [-0.2, -0.15) is 0 Å². The molecular weight excluding hydrogens is 240 g/mol. The van der Waals surface area contributed by atoms with E-state index in [1.54, 1.807) is 11.3 Å². The Balaban J connectivity index is 2.28. The summed E-state index contributed by atoms with van der Waals surface area (Å²) in [5.41, 5.74) is 5.23. The summed E-state index contributed by atoms with van der Waals surface area (Å²) >= 11 is 1.75. The second kappa shape index (κ2) is 5.63. The Morgan fingerprint density at radius 1 is 1.22 bits per heavy atom. The van der Waals surface area contributed by atoms with E-state index in [-0.39, 0.29) is 0 Å². The first-order valence-electron chi connectivity index (χ1n) is 6.26. The van der Waals surface area contributed by atoms with Gasteiger partial charge in [0.2, 0.25) is 0 Å². The lowest BCUT2D eigenvalue weighted by Gasteiger charge is -2.20. The molecule has 0 amide bonds. The standard InChI is InChI=1S/C15H20N2S/c1-10-6-5-7-11(2)15(10)13(16-4)8-14-17-12(3)9-18-14/h5-7,9,13,16H,8H2,1-4H3. The third-order valence-electron chi connectivity index (χ3n) is 3.28. The molecule has 0 aliphatic heterocycles. The maximum Gasteiger partial charge on any atom is 0.0947 e. The normalized spacial score (nSPS) is 12.7.